The van der Waals surface area contributed by atoms with E-state index in [0.29, 0.717) is 42.7 Å². The van der Waals surface area contributed by atoms with Gasteiger partial charge >= 0.3 is 6.09 Å². The van der Waals surface area contributed by atoms with Crippen molar-refractivity contribution < 1.29 is 19.1 Å². The minimum Gasteiger partial charge on any atom is -0.444 e. The van der Waals surface area contributed by atoms with Crippen LogP contribution < -0.4 is 15.5 Å². The average molecular weight is 397 g/mol. The van der Waals surface area contributed by atoms with Crippen LogP contribution in [0.25, 0.3) is 0 Å². The van der Waals surface area contributed by atoms with Crippen LogP contribution >= 0.6 is 11.6 Å². The van der Waals surface area contributed by atoms with Gasteiger partial charge in [0.2, 0.25) is 0 Å². The minimum atomic E-state index is -0.642. The van der Waals surface area contributed by atoms with E-state index >= 15 is 0 Å². The summed E-state index contributed by atoms with van der Waals surface area (Å²) in [5.74, 6) is 0.231. The van der Waals surface area contributed by atoms with Crippen molar-refractivity contribution in [3.8, 4) is 0 Å². The van der Waals surface area contributed by atoms with Gasteiger partial charge in [0.15, 0.2) is 0 Å². The highest BCUT2D eigenvalue weighted by molar-refractivity contribution is 6.31. The van der Waals surface area contributed by atoms with Crippen LogP contribution in [-0.4, -0.2) is 54.9 Å². The number of hydrogen-bond donors (Lipinski definition) is 2. The summed E-state index contributed by atoms with van der Waals surface area (Å²) in [6.45, 7) is 7.80. The number of anilines is 1. The molecule has 3 rings (SSSR count). The maximum atomic E-state index is 12.7. The molecule has 2 aliphatic rings. The van der Waals surface area contributed by atoms with Crippen molar-refractivity contribution >= 4 is 29.4 Å². The summed E-state index contributed by atoms with van der Waals surface area (Å²) in [4.78, 5) is 30.8. The van der Waals surface area contributed by atoms with Crippen LogP contribution in [0.5, 0.6) is 0 Å². The molecule has 0 saturated carbocycles. The Kier molecular flexibility index (Phi) is 5.88. The SMILES string of the molecule is CC(C)(C)OC(=O)N[C@@H]1CCN(c2cc(Cl)cc(C3CNCCO3)n2)C1=O. The number of nitrogens with zero attached hydrogens (tertiary/aromatic N) is 2. The van der Waals surface area contributed by atoms with Crippen molar-refractivity contribution in [3.05, 3.63) is 22.8 Å². The van der Waals surface area contributed by atoms with Gasteiger partial charge in [-0.25, -0.2) is 9.78 Å². The van der Waals surface area contributed by atoms with Crippen LogP contribution in [0.1, 0.15) is 39.0 Å². The van der Waals surface area contributed by atoms with Gasteiger partial charge in [0, 0.05) is 24.7 Å². The summed E-state index contributed by atoms with van der Waals surface area (Å²) in [5.41, 5.74) is 0.0594. The molecule has 8 nitrogen and oxygen atoms in total. The van der Waals surface area contributed by atoms with Crippen molar-refractivity contribution in [3.63, 3.8) is 0 Å². The molecule has 2 atom stereocenters. The van der Waals surface area contributed by atoms with Gasteiger partial charge in [-0.2, -0.15) is 0 Å². The van der Waals surface area contributed by atoms with Crippen LogP contribution in [0.4, 0.5) is 10.6 Å². The lowest BCUT2D eigenvalue weighted by Crippen LogP contribution is -2.44. The lowest BCUT2D eigenvalue weighted by Gasteiger charge is -2.25. The molecule has 0 aliphatic carbocycles. The molecular weight excluding hydrogens is 372 g/mol. The molecule has 1 aromatic rings. The van der Waals surface area contributed by atoms with Gasteiger partial charge in [-0.3, -0.25) is 9.69 Å². The number of carbonyl (C=O) groups is 2. The van der Waals surface area contributed by atoms with E-state index in [1.54, 1.807) is 32.9 Å². The second-order valence-electron chi connectivity index (χ2n) is 7.61. The van der Waals surface area contributed by atoms with Crippen LogP contribution in [0.3, 0.4) is 0 Å². The fourth-order valence-corrected chi connectivity index (χ4v) is 3.26. The van der Waals surface area contributed by atoms with Crippen LogP contribution in [0.2, 0.25) is 5.02 Å². The third kappa shape index (κ3) is 5.09. The molecule has 2 fully saturated rings. The Labute approximate surface area is 163 Å². The van der Waals surface area contributed by atoms with Gasteiger partial charge in [0.25, 0.3) is 5.91 Å². The van der Waals surface area contributed by atoms with Crippen molar-refractivity contribution in [2.24, 2.45) is 0 Å². The fourth-order valence-electron chi connectivity index (χ4n) is 3.05. The first-order valence-corrected chi connectivity index (χ1v) is 9.41. The Morgan fingerprint density at radius 2 is 2.22 bits per heavy atom. The predicted octanol–water partition coefficient (Wildman–Crippen LogP) is 2.03. The van der Waals surface area contributed by atoms with E-state index in [-0.39, 0.29) is 12.0 Å². The van der Waals surface area contributed by atoms with Crippen LogP contribution in [0.15, 0.2) is 12.1 Å². The molecule has 2 amide bonds. The molecule has 0 spiro atoms. The van der Waals surface area contributed by atoms with Crippen molar-refractivity contribution in [1.29, 1.82) is 0 Å². The lowest BCUT2D eigenvalue weighted by molar-refractivity contribution is -0.118. The van der Waals surface area contributed by atoms with Crippen LogP contribution in [0, 0.1) is 0 Å². The molecule has 1 unspecified atom stereocenters. The van der Waals surface area contributed by atoms with Crippen molar-refractivity contribution in [2.75, 3.05) is 31.1 Å². The van der Waals surface area contributed by atoms with E-state index < -0.39 is 17.7 Å². The van der Waals surface area contributed by atoms with E-state index in [1.807, 2.05) is 0 Å². The summed E-state index contributed by atoms with van der Waals surface area (Å²) < 4.78 is 10.9. The van der Waals surface area contributed by atoms with E-state index in [4.69, 9.17) is 21.1 Å². The summed E-state index contributed by atoms with van der Waals surface area (Å²) >= 11 is 6.25. The number of hydrogen-bond acceptors (Lipinski definition) is 6. The first kappa shape index (κ1) is 19.9. The maximum Gasteiger partial charge on any atom is 0.408 e. The molecule has 148 valence electrons. The molecule has 1 aromatic heterocycles. The second kappa shape index (κ2) is 8.00. The van der Waals surface area contributed by atoms with Gasteiger partial charge in [-0.1, -0.05) is 11.6 Å². The Bertz CT molecular complexity index is 716. The molecule has 9 heteroatoms. The predicted molar refractivity (Wildman–Crippen MR) is 101 cm³/mol. The van der Waals surface area contributed by atoms with E-state index in [0.717, 1.165) is 6.54 Å². The number of rotatable bonds is 3. The van der Waals surface area contributed by atoms with Gasteiger partial charge in [0.05, 0.1) is 12.3 Å². The number of aromatic nitrogens is 1. The zero-order chi connectivity index (χ0) is 19.6. The third-order valence-electron chi connectivity index (χ3n) is 4.23. The largest absolute Gasteiger partial charge is 0.444 e. The Balaban J connectivity index is 1.71. The number of amides is 2. The monoisotopic (exact) mass is 396 g/mol. The van der Waals surface area contributed by atoms with E-state index in [2.05, 4.69) is 15.6 Å². The van der Waals surface area contributed by atoms with Crippen molar-refractivity contribution in [2.45, 2.75) is 44.9 Å². The molecule has 2 saturated heterocycles. The Morgan fingerprint density at radius 1 is 1.44 bits per heavy atom. The van der Waals surface area contributed by atoms with Gasteiger partial charge in [-0.05, 0) is 39.3 Å². The topological polar surface area (TPSA) is 92.8 Å². The zero-order valence-corrected chi connectivity index (χ0v) is 16.5. The fraction of sp³-hybridized carbons (Fsp3) is 0.611. The standard InChI is InChI=1S/C18H25ClN4O4/c1-18(2,3)27-17(25)22-12-4-6-23(16(12)24)15-9-11(19)8-13(21-15)14-10-20-5-7-26-14/h8-9,12,14,20H,4-7,10H2,1-3H3,(H,22,25)/t12-,14?/m1/s1. The number of nitrogens with one attached hydrogen (secondary N) is 2. The highest BCUT2D eigenvalue weighted by Crippen LogP contribution is 2.27. The lowest BCUT2D eigenvalue weighted by atomic mass is 10.2. The number of halogens is 1. The quantitative estimate of drug-likeness (QED) is 0.812. The number of carbonyl (C=O) groups excluding carboxylic acids is 2. The highest BCUT2D eigenvalue weighted by atomic mass is 35.5. The second-order valence-corrected chi connectivity index (χ2v) is 8.05. The normalized spacial score (nSPS) is 23.4. The summed E-state index contributed by atoms with van der Waals surface area (Å²) in [7, 11) is 0. The Morgan fingerprint density at radius 3 is 2.89 bits per heavy atom. The number of morpholine rings is 1. The number of alkyl carbamates (subject to hydrolysis) is 1. The van der Waals surface area contributed by atoms with E-state index in [1.165, 1.54) is 4.90 Å². The minimum absolute atomic E-state index is 0.204. The maximum absolute atomic E-state index is 12.7. The molecular formula is C18H25ClN4O4. The smallest absolute Gasteiger partial charge is 0.408 e. The molecule has 27 heavy (non-hydrogen) atoms. The third-order valence-corrected chi connectivity index (χ3v) is 4.45. The van der Waals surface area contributed by atoms with Gasteiger partial charge < -0.3 is 20.1 Å². The first-order valence-electron chi connectivity index (χ1n) is 9.03. The summed E-state index contributed by atoms with van der Waals surface area (Å²) in [6.07, 6.45) is -0.336. The molecule has 0 bridgehead atoms. The molecule has 3 heterocycles. The molecule has 0 aromatic carbocycles. The highest BCUT2D eigenvalue weighted by Gasteiger charge is 2.36. The van der Waals surface area contributed by atoms with Gasteiger partial charge in [-0.15, -0.1) is 0 Å². The average Bonchev–Trinajstić information content (AvgIpc) is 2.94. The first-order chi connectivity index (χ1) is 12.7. The van der Waals surface area contributed by atoms with Crippen LogP contribution in [-0.2, 0) is 14.3 Å². The Hall–Kier alpha value is -1.90. The number of pyridine rings is 1. The molecule has 0 radical (unpaired) electrons. The molecule has 2 N–H and O–H groups in total. The zero-order valence-electron chi connectivity index (χ0n) is 15.8. The van der Waals surface area contributed by atoms with Gasteiger partial charge in [0.1, 0.15) is 23.6 Å². The summed E-state index contributed by atoms with van der Waals surface area (Å²) in [6, 6.07) is 2.76. The number of ether oxygens (including phenoxy) is 2. The van der Waals surface area contributed by atoms with Crippen molar-refractivity contribution in [1.82, 2.24) is 15.6 Å². The summed E-state index contributed by atoms with van der Waals surface area (Å²) in [5, 5.41) is 6.36. The molecule has 2 aliphatic heterocycles. The van der Waals surface area contributed by atoms with E-state index in [9.17, 15) is 9.59 Å².